The highest BCUT2D eigenvalue weighted by atomic mass is 32.2. The molecular weight excluding hydrogens is 386 g/mol. The van der Waals surface area contributed by atoms with Crippen LogP contribution in [-0.4, -0.2) is 29.6 Å². The van der Waals surface area contributed by atoms with E-state index in [1.165, 1.54) is 29.2 Å². The number of H-pyrrole nitrogens is 1. The average molecular weight is 408 g/mol. The number of nitrogens with one attached hydrogen (secondary N) is 1. The highest BCUT2D eigenvalue weighted by Crippen LogP contribution is 2.64. The maximum atomic E-state index is 10.3. The lowest BCUT2D eigenvalue weighted by molar-refractivity contribution is 0.304. The molecule has 2 saturated carbocycles. The van der Waals surface area contributed by atoms with Gasteiger partial charge in [-0.25, -0.2) is 0 Å². The van der Waals surface area contributed by atoms with E-state index in [0.717, 1.165) is 21.4 Å². The Morgan fingerprint density at radius 2 is 1.85 bits per heavy atom. The molecule has 1 aromatic carbocycles. The molecule has 0 spiro atoms. The van der Waals surface area contributed by atoms with Crippen molar-refractivity contribution in [1.29, 1.82) is 0 Å². The molecule has 4 nitrogen and oxygen atoms in total. The lowest BCUT2D eigenvalue weighted by Crippen LogP contribution is -2.33. The van der Waals surface area contributed by atoms with Gasteiger partial charge in [-0.1, -0.05) is 0 Å². The molecule has 2 N–H and O–H groups in total. The Morgan fingerprint density at radius 1 is 1.15 bits per heavy atom. The number of phenolic OH excluding ortho intramolecular Hbond substituents is 1. The first kappa shape index (κ1) is 17.0. The summed E-state index contributed by atoms with van der Waals surface area (Å²) in [6.07, 6.45) is 4.04. The first-order valence-corrected chi connectivity index (χ1v) is 11.1. The van der Waals surface area contributed by atoms with Crippen LogP contribution in [0.2, 0.25) is 0 Å². The third-order valence-electron chi connectivity index (χ3n) is 6.33. The number of aromatic amines is 1. The molecule has 7 heteroatoms. The van der Waals surface area contributed by atoms with E-state index in [4.69, 9.17) is 21.7 Å². The summed E-state index contributed by atoms with van der Waals surface area (Å²) >= 11 is 9.17. The summed E-state index contributed by atoms with van der Waals surface area (Å²) in [6, 6.07) is 3.96. The van der Waals surface area contributed by atoms with Crippen molar-refractivity contribution < 1.29 is 14.6 Å². The zero-order valence-electron chi connectivity index (χ0n) is 14.7. The Morgan fingerprint density at radius 3 is 2.54 bits per heavy atom. The van der Waals surface area contributed by atoms with Gasteiger partial charge in [0.1, 0.15) is 0 Å². The summed E-state index contributed by atoms with van der Waals surface area (Å²) in [5.74, 6) is 3.50. The zero-order valence-corrected chi connectivity index (χ0v) is 17.1. The number of thiazole rings is 1. The molecule has 5 atom stereocenters. The van der Waals surface area contributed by atoms with E-state index in [-0.39, 0.29) is 11.7 Å². The quantitative estimate of drug-likeness (QED) is 0.687. The van der Waals surface area contributed by atoms with Gasteiger partial charge in [-0.2, -0.15) is 0 Å². The van der Waals surface area contributed by atoms with E-state index >= 15 is 0 Å². The minimum absolute atomic E-state index is 0.0651. The monoisotopic (exact) mass is 407 g/mol. The molecule has 1 aromatic heterocycles. The summed E-state index contributed by atoms with van der Waals surface area (Å²) in [4.78, 5) is 4.76. The number of fused-ring (bicyclic) bond motifs is 6. The first-order valence-electron chi connectivity index (χ1n) is 8.95. The summed E-state index contributed by atoms with van der Waals surface area (Å²) in [5.41, 5.74) is 1.16. The van der Waals surface area contributed by atoms with Crippen LogP contribution >= 0.6 is 35.3 Å². The fourth-order valence-corrected chi connectivity index (χ4v) is 8.66. The van der Waals surface area contributed by atoms with E-state index in [0.29, 0.717) is 22.7 Å². The minimum Gasteiger partial charge on any atom is -0.502 e. The van der Waals surface area contributed by atoms with E-state index < -0.39 is 0 Å². The molecule has 26 heavy (non-hydrogen) atoms. The van der Waals surface area contributed by atoms with Gasteiger partial charge >= 0.3 is 0 Å². The number of aromatic nitrogens is 1. The number of thioether (sulfide) groups is 1. The fourth-order valence-electron chi connectivity index (χ4n) is 5.32. The van der Waals surface area contributed by atoms with Gasteiger partial charge in [0.25, 0.3) is 0 Å². The summed E-state index contributed by atoms with van der Waals surface area (Å²) < 4.78 is 11.7. The lowest BCUT2D eigenvalue weighted by atomic mass is 9.75. The molecule has 2 heterocycles. The minimum atomic E-state index is 0.0651. The highest BCUT2D eigenvalue weighted by Gasteiger charge is 2.54. The fraction of sp³-hybridized carbons (Fsp3) is 0.526. The third kappa shape index (κ3) is 2.36. The van der Waals surface area contributed by atoms with Crippen LogP contribution in [0.5, 0.6) is 17.2 Å². The number of aromatic hydroxyl groups is 1. The van der Waals surface area contributed by atoms with Crippen LogP contribution in [0.15, 0.2) is 17.2 Å². The van der Waals surface area contributed by atoms with Crippen LogP contribution in [-0.2, 0) is 0 Å². The normalized spacial score (nSPS) is 31.5. The largest absolute Gasteiger partial charge is 0.502 e. The van der Waals surface area contributed by atoms with Gasteiger partial charge in [-0.05, 0) is 66.9 Å². The SMILES string of the molecule is COc1cc(C2c3sc(=S)[nH]c3SC3C4CCC(C4)C23)cc(OC)c1O. The number of benzene rings is 1. The summed E-state index contributed by atoms with van der Waals surface area (Å²) in [6.45, 7) is 0. The predicted molar refractivity (Wildman–Crippen MR) is 107 cm³/mol. The van der Waals surface area contributed by atoms with Crippen LogP contribution in [0.1, 0.15) is 35.6 Å². The van der Waals surface area contributed by atoms with Crippen molar-refractivity contribution in [2.75, 3.05) is 14.2 Å². The molecule has 2 aromatic rings. The third-order valence-corrected chi connectivity index (χ3v) is 9.30. The van der Waals surface area contributed by atoms with Gasteiger partial charge in [-0.15, -0.1) is 23.1 Å². The van der Waals surface area contributed by atoms with E-state index in [1.807, 2.05) is 23.9 Å². The second-order valence-electron chi connectivity index (χ2n) is 7.45. The second-order valence-corrected chi connectivity index (χ2v) is 10.4. The van der Waals surface area contributed by atoms with E-state index in [9.17, 15) is 5.11 Å². The van der Waals surface area contributed by atoms with Gasteiger partial charge in [0, 0.05) is 16.0 Å². The Hall–Kier alpha value is -1.18. The molecule has 1 aliphatic heterocycles. The Labute approximate surface area is 165 Å². The topological polar surface area (TPSA) is 54.5 Å². The number of rotatable bonds is 3. The van der Waals surface area contributed by atoms with Crippen LogP contribution in [0.3, 0.4) is 0 Å². The number of hydrogen-bond donors (Lipinski definition) is 2. The van der Waals surface area contributed by atoms with Crippen LogP contribution in [0.25, 0.3) is 0 Å². The number of methoxy groups -OCH3 is 2. The Balaban J connectivity index is 1.70. The molecule has 0 radical (unpaired) electrons. The van der Waals surface area contributed by atoms with Gasteiger partial charge in [0.15, 0.2) is 15.5 Å². The number of ether oxygens (including phenoxy) is 2. The molecule has 2 aliphatic carbocycles. The molecule has 5 rings (SSSR count). The molecular formula is C19H21NO3S3. The van der Waals surface area contributed by atoms with Crippen molar-refractivity contribution in [3.05, 3.63) is 26.5 Å². The van der Waals surface area contributed by atoms with Gasteiger partial charge in [0.05, 0.1) is 19.2 Å². The molecule has 5 unspecified atom stereocenters. The highest BCUT2D eigenvalue weighted by molar-refractivity contribution is 8.00. The van der Waals surface area contributed by atoms with Crippen LogP contribution < -0.4 is 9.47 Å². The van der Waals surface area contributed by atoms with Gasteiger partial charge in [0.2, 0.25) is 5.75 Å². The van der Waals surface area contributed by atoms with Gasteiger partial charge < -0.3 is 19.6 Å². The standard InChI is InChI=1S/C19H21NO3S3/c1-22-11-6-10(7-12(23-2)15(11)21)14-13-8-3-4-9(5-8)16(13)25-18-17(14)26-19(24)20-18/h6-9,13-14,16,21H,3-5H2,1-2H3,(H,20,24). The van der Waals surface area contributed by atoms with Gasteiger partial charge in [-0.3, -0.25) is 0 Å². The van der Waals surface area contributed by atoms with Crippen molar-refractivity contribution in [3.8, 4) is 17.2 Å². The molecule has 0 saturated heterocycles. The van der Waals surface area contributed by atoms with Crippen LogP contribution in [0, 0.1) is 21.7 Å². The van der Waals surface area contributed by atoms with E-state index in [1.54, 1.807) is 25.6 Å². The van der Waals surface area contributed by atoms with Crippen molar-refractivity contribution >= 4 is 35.3 Å². The maximum Gasteiger partial charge on any atom is 0.200 e. The lowest BCUT2D eigenvalue weighted by Gasteiger charge is -2.40. The summed E-state index contributed by atoms with van der Waals surface area (Å²) in [5, 5.41) is 12.2. The number of hydrogen-bond acceptors (Lipinski definition) is 6. The van der Waals surface area contributed by atoms with Crippen molar-refractivity contribution in [3.63, 3.8) is 0 Å². The average Bonchev–Trinajstić information content (AvgIpc) is 3.33. The van der Waals surface area contributed by atoms with Crippen molar-refractivity contribution in [2.24, 2.45) is 17.8 Å². The smallest absolute Gasteiger partial charge is 0.200 e. The van der Waals surface area contributed by atoms with E-state index in [2.05, 4.69) is 4.98 Å². The molecule has 138 valence electrons. The molecule has 2 fully saturated rings. The van der Waals surface area contributed by atoms with Crippen molar-refractivity contribution in [1.82, 2.24) is 4.98 Å². The zero-order chi connectivity index (χ0) is 18.0. The number of phenols is 1. The molecule has 3 aliphatic rings. The summed E-state index contributed by atoms with van der Waals surface area (Å²) in [7, 11) is 3.17. The Kier molecular flexibility index (Phi) is 4.03. The molecule has 0 amide bonds. The second kappa shape index (κ2) is 6.17. The predicted octanol–water partition coefficient (Wildman–Crippen LogP) is 5.18. The molecule has 2 bridgehead atoms. The van der Waals surface area contributed by atoms with Crippen LogP contribution in [0.4, 0.5) is 0 Å². The Bertz CT molecular complexity index is 896. The maximum absolute atomic E-state index is 10.3. The van der Waals surface area contributed by atoms with Crippen molar-refractivity contribution in [2.45, 2.75) is 35.5 Å². The first-order chi connectivity index (χ1) is 12.6.